The Labute approximate surface area is 114 Å². The van der Waals surface area contributed by atoms with Gasteiger partial charge in [0.1, 0.15) is 11.2 Å². The molecule has 3 aromatic heterocycles. The Kier molecular flexibility index (Phi) is 2.46. The monoisotopic (exact) mass is 271 g/mol. The first kappa shape index (κ1) is 11.4. The number of nitrogens with zero attached hydrogens (tertiary/aromatic N) is 3. The highest BCUT2D eigenvalue weighted by atomic mass is 16.5. The largest absolute Gasteiger partial charge is 0.378 e. The van der Waals surface area contributed by atoms with Gasteiger partial charge < -0.3 is 19.6 Å². The number of hydrogen-bond acceptors (Lipinski definition) is 4. The van der Waals surface area contributed by atoms with Crippen LogP contribution in [0, 0.1) is 0 Å². The lowest BCUT2D eigenvalue weighted by atomic mass is 10.3. The van der Waals surface area contributed by atoms with Crippen LogP contribution in [0.2, 0.25) is 0 Å². The molecule has 0 bridgehead atoms. The van der Waals surface area contributed by atoms with Gasteiger partial charge in [0.25, 0.3) is 5.91 Å². The molecule has 20 heavy (non-hydrogen) atoms. The van der Waals surface area contributed by atoms with E-state index in [1.165, 1.54) is 0 Å². The number of pyridine rings is 1. The van der Waals surface area contributed by atoms with Crippen molar-refractivity contribution >= 4 is 28.0 Å². The Morgan fingerprint density at radius 3 is 3.05 bits per heavy atom. The maximum atomic E-state index is 12.4. The number of rotatable bonds is 1. The number of amides is 1. The number of hydrogen-bond donors (Lipinski definition) is 2. The van der Waals surface area contributed by atoms with Crippen molar-refractivity contribution in [1.29, 1.82) is 0 Å². The highest BCUT2D eigenvalue weighted by Gasteiger charge is 2.22. The molecule has 2 N–H and O–H groups in total. The van der Waals surface area contributed by atoms with Gasteiger partial charge >= 0.3 is 0 Å². The summed E-state index contributed by atoms with van der Waals surface area (Å²) in [6.07, 6.45) is 3.49. The van der Waals surface area contributed by atoms with Crippen molar-refractivity contribution in [2.24, 2.45) is 0 Å². The van der Waals surface area contributed by atoms with Gasteiger partial charge in [0.2, 0.25) is 0 Å². The number of carbonyl (C=O) groups excluding carboxylic acids is 1. The molecule has 1 aliphatic rings. The predicted octanol–water partition coefficient (Wildman–Crippen LogP) is 0.912. The first-order chi connectivity index (χ1) is 9.83. The average Bonchev–Trinajstić information content (AvgIpc) is 3.12. The Hall–Kier alpha value is -2.41. The molecule has 0 atom stereocenters. The molecular weight excluding hydrogens is 258 g/mol. The number of nitrogens with one attached hydrogen (secondary N) is 2. The smallest absolute Gasteiger partial charge is 0.289 e. The number of H-pyrrole nitrogens is 2. The third kappa shape index (κ3) is 1.67. The molecule has 0 unspecified atom stereocenters. The van der Waals surface area contributed by atoms with Gasteiger partial charge in [-0.2, -0.15) is 0 Å². The van der Waals surface area contributed by atoms with Crippen molar-refractivity contribution in [2.75, 3.05) is 26.3 Å². The topological polar surface area (TPSA) is 86.9 Å². The van der Waals surface area contributed by atoms with Gasteiger partial charge in [0, 0.05) is 24.7 Å². The second kappa shape index (κ2) is 4.31. The van der Waals surface area contributed by atoms with Gasteiger partial charge in [-0.15, -0.1) is 0 Å². The fourth-order valence-electron chi connectivity index (χ4n) is 2.50. The summed E-state index contributed by atoms with van der Waals surface area (Å²) >= 11 is 0. The van der Waals surface area contributed by atoms with Crippen molar-refractivity contribution < 1.29 is 9.53 Å². The minimum atomic E-state index is -0.0896. The van der Waals surface area contributed by atoms with Crippen LogP contribution >= 0.6 is 0 Å². The van der Waals surface area contributed by atoms with Crippen molar-refractivity contribution in [1.82, 2.24) is 24.8 Å². The van der Waals surface area contributed by atoms with Gasteiger partial charge in [-0.3, -0.25) is 4.79 Å². The number of morpholine rings is 1. The zero-order valence-corrected chi connectivity index (χ0v) is 10.7. The Bertz CT molecular complexity index is 784. The standard InChI is InChI=1S/C13H13N5O2/c19-13(18-3-5-20-6-4-18)12-16-9-7-15-11-8(1-2-14-11)10(9)17-12/h1-2,7H,3-6H2,(H,14,15)(H,16,17). The van der Waals surface area contributed by atoms with Crippen LogP contribution in [0.1, 0.15) is 10.6 Å². The first-order valence-electron chi connectivity index (χ1n) is 6.52. The second-order valence-corrected chi connectivity index (χ2v) is 4.75. The average molecular weight is 271 g/mol. The van der Waals surface area contributed by atoms with Crippen LogP contribution in [0.25, 0.3) is 22.1 Å². The number of imidazole rings is 1. The molecule has 0 spiro atoms. The molecule has 102 valence electrons. The highest BCUT2D eigenvalue weighted by molar-refractivity contribution is 6.03. The van der Waals surface area contributed by atoms with Gasteiger partial charge in [0.15, 0.2) is 5.82 Å². The number of carbonyl (C=O) groups is 1. The van der Waals surface area contributed by atoms with Crippen molar-refractivity contribution in [2.45, 2.75) is 0 Å². The quantitative estimate of drug-likeness (QED) is 0.688. The maximum Gasteiger partial charge on any atom is 0.289 e. The van der Waals surface area contributed by atoms with E-state index in [-0.39, 0.29) is 5.91 Å². The molecule has 4 heterocycles. The lowest BCUT2D eigenvalue weighted by molar-refractivity contribution is 0.0296. The van der Waals surface area contributed by atoms with Crippen molar-refractivity contribution in [3.8, 4) is 0 Å². The molecule has 7 heteroatoms. The van der Waals surface area contributed by atoms with Crippen LogP contribution in [0.3, 0.4) is 0 Å². The fraction of sp³-hybridized carbons (Fsp3) is 0.308. The van der Waals surface area contributed by atoms with Crippen molar-refractivity contribution in [3.63, 3.8) is 0 Å². The first-order valence-corrected chi connectivity index (χ1v) is 6.52. The van der Waals surface area contributed by atoms with E-state index in [2.05, 4.69) is 19.9 Å². The summed E-state index contributed by atoms with van der Waals surface area (Å²) in [5.74, 6) is 0.269. The van der Waals surface area contributed by atoms with Crippen molar-refractivity contribution in [3.05, 3.63) is 24.3 Å². The van der Waals surface area contributed by atoms with Crippen LogP contribution in [0.5, 0.6) is 0 Å². The number of ether oxygens (including phenoxy) is 1. The number of aromatic amines is 2. The van der Waals surface area contributed by atoms with E-state index >= 15 is 0 Å². The molecule has 0 radical (unpaired) electrons. The van der Waals surface area contributed by atoms with Gasteiger partial charge in [-0.25, -0.2) is 9.97 Å². The van der Waals surface area contributed by atoms with Crippen LogP contribution in [0.15, 0.2) is 18.5 Å². The maximum absolute atomic E-state index is 12.4. The van der Waals surface area contributed by atoms with E-state index in [0.29, 0.717) is 37.6 Å². The molecule has 0 aromatic carbocycles. The summed E-state index contributed by atoms with van der Waals surface area (Å²) in [7, 11) is 0. The third-order valence-electron chi connectivity index (χ3n) is 3.54. The van der Waals surface area contributed by atoms with E-state index in [1.807, 2.05) is 12.3 Å². The van der Waals surface area contributed by atoms with Gasteiger partial charge in [-0.05, 0) is 6.07 Å². The molecule has 1 aliphatic heterocycles. The van der Waals surface area contributed by atoms with Gasteiger partial charge in [-0.1, -0.05) is 0 Å². The van der Waals surface area contributed by atoms with Gasteiger partial charge in [0.05, 0.1) is 24.9 Å². The number of fused-ring (bicyclic) bond motifs is 3. The molecular formula is C13H13N5O2. The molecule has 4 rings (SSSR count). The molecule has 0 saturated carbocycles. The summed E-state index contributed by atoms with van der Waals surface area (Å²) in [5.41, 5.74) is 2.33. The molecule has 3 aromatic rings. The van der Waals surface area contributed by atoms with E-state index in [4.69, 9.17) is 4.74 Å². The lowest BCUT2D eigenvalue weighted by Crippen LogP contribution is -2.41. The third-order valence-corrected chi connectivity index (χ3v) is 3.54. The SMILES string of the molecule is O=C(c1nc2cnc3[nH]ccc3c2[nH]1)N1CCOCC1. The fourth-order valence-corrected chi connectivity index (χ4v) is 2.50. The van der Waals surface area contributed by atoms with E-state index in [0.717, 1.165) is 16.6 Å². The molecule has 1 fully saturated rings. The van der Waals surface area contributed by atoms with Crippen LogP contribution in [-0.2, 0) is 4.74 Å². The highest BCUT2D eigenvalue weighted by Crippen LogP contribution is 2.21. The summed E-state index contributed by atoms with van der Waals surface area (Å²) in [5, 5.41) is 0.941. The lowest BCUT2D eigenvalue weighted by Gasteiger charge is -2.25. The molecule has 0 aliphatic carbocycles. The van der Waals surface area contributed by atoms with Crippen LogP contribution in [0.4, 0.5) is 0 Å². The number of aromatic nitrogens is 4. The van der Waals surface area contributed by atoms with E-state index in [9.17, 15) is 4.79 Å². The summed E-state index contributed by atoms with van der Waals surface area (Å²) in [6.45, 7) is 2.37. The minimum Gasteiger partial charge on any atom is -0.378 e. The summed E-state index contributed by atoms with van der Waals surface area (Å²) in [4.78, 5) is 28.9. The van der Waals surface area contributed by atoms with Crippen LogP contribution in [-0.4, -0.2) is 57.0 Å². The van der Waals surface area contributed by atoms with E-state index in [1.54, 1.807) is 11.1 Å². The van der Waals surface area contributed by atoms with Crippen LogP contribution < -0.4 is 0 Å². The molecule has 7 nitrogen and oxygen atoms in total. The second-order valence-electron chi connectivity index (χ2n) is 4.75. The Morgan fingerprint density at radius 2 is 2.20 bits per heavy atom. The Balaban J connectivity index is 1.78. The zero-order valence-electron chi connectivity index (χ0n) is 10.7. The predicted molar refractivity (Wildman–Crippen MR) is 72.5 cm³/mol. The van der Waals surface area contributed by atoms with E-state index < -0.39 is 0 Å². The Morgan fingerprint density at radius 1 is 1.35 bits per heavy atom. The minimum absolute atomic E-state index is 0.0896. The normalized spacial score (nSPS) is 16.1. The molecule has 1 amide bonds. The molecule has 1 saturated heterocycles. The summed E-state index contributed by atoms with van der Waals surface area (Å²) < 4.78 is 5.25. The summed E-state index contributed by atoms with van der Waals surface area (Å²) in [6, 6.07) is 1.92. The zero-order chi connectivity index (χ0) is 13.5.